The van der Waals surface area contributed by atoms with E-state index in [9.17, 15) is 4.79 Å². The minimum Gasteiger partial charge on any atom is -0.477 e. The molecule has 0 N–H and O–H groups in total. The summed E-state index contributed by atoms with van der Waals surface area (Å²) in [4.78, 5) is 20.6. The summed E-state index contributed by atoms with van der Waals surface area (Å²) in [5, 5.41) is 4.63. The van der Waals surface area contributed by atoms with Gasteiger partial charge in [-0.05, 0) is 24.6 Å². The number of pyridine rings is 1. The molecular formula is C29H26N4O4. The van der Waals surface area contributed by atoms with Crippen molar-refractivity contribution < 1.29 is 18.7 Å². The van der Waals surface area contributed by atoms with E-state index in [1.807, 2.05) is 79.7 Å². The highest BCUT2D eigenvalue weighted by atomic mass is 16.5. The number of nitrogens with zero attached hydrogens (tertiary/aromatic N) is 4. The molecule has 2 aromatic carbocycles. The monoisotopic (exact) mass is 494 g/mol. The minimum absolute atomic E-state index is 0.392. The number of rotatable bonds is 9. The molecule has 0 radical (unpaired) electrons. The number of ether oxygens (including phenoxy) is 2. The van der Waals surface area contributed by atoms with Crippen molar-refractivity contribution in [1.29, 1.82) is 0 Å². The fourth-order valence-corrected chi connectivity index (χ4v) is 3.90. The molecule has 3 aromatic heterocycles. The average molecular weight is 495 g/mol. The first-order chi connectivity index (χ1) is 18.0. The van der Waals surface area contributed by atoms with Crippen molar-refractivity contribution in [3.8, 4) is 34.3 Å². The molecule has 37 heavy (non-hydrogen) atoms. The molecule has 0 amide bonds. The molecule has 186 valence electrons. The lowest BCUT2D eigenvalue weighted by Gasteiger charge is -2.06. The maximum atomic E-state index is 11.6. The highest BCUT2D eigenvalue weighted by Crippen LogP contribution is 2.29. The van der Waals surface area contributed by atoms with Crippen LogP contribution in [-0.2, 0) is 17.8 Å². The molecule has 5 aromatic rings. The summed E-state index contributed by atoms with van der Waals surface area (Å²) in [6, 6.07) is 23.2. The predicted octanol–water partition coefficient (Wildman–Crippen LogP) is 5.50. The van der Waals surface area contributed by atoms with Gasteiger partial charge in [0.25, 0.3) is 0 Å². The maximum Gasteiger partial charge on any atom is 0.308 e. The Kier molecular flexibility index (Phi) is 7.07. The van der Waals surface area contributed by atoms with E-state index in [1.54, 1.807) is 17.1 Å². The predicted molar refractivity (Wildman–Crippen MR) is 138 cm³/mol. The van der Waals surface area contributed by atoms with Gasteiger partial charge in [0, 0.05) is 36.7 Å². The molecule has 0 spiro atoms. The van der Waals surface area contributed by atoms with Gasteiger partial charge in [-0.2, -0.15) is 5.10 Å². The zero-order valence-corrected chi connectivity index (χ0v) is 20.6. The van der Waals surface area contributed by atoms with E-state index in [1.165, 1.54) is 6.92 Å². The fraction of sp³-hybridized carbons (Fsp3) is 0.172. The third-order valence-corrected chi connectivity index (χ3v) is 5.67. The summed E-state index contributed by atoms with van der Waals surface area (Å²) in [5.74, 6) is 1.95. The second-order valence-electron chi connectivity index (χ2n) is 8.49. The number of benzene rings is 2. The van der Waals surface area contributed by atoms with E-state index in [4.69, 9.17) is 13.9 Å². The first-order valence-corrected chi connectivity index (χ1v) is 12.0. The molecule has 0 aliphatic carbocycles. The quantitative estimate of drug-likeness (QED) is 0.250. The topological polar surface area (TPSA) is 92.3 Å². The molecule has 0 aliphatic rings. The highest BCUT2D eigenvalue weighted by Gasteiger charge is 2.15. The van der Waals surface area contributed by atoms with Gasteiger partial charge in [0.05, 0.1) is 25.0 Å². The summed E-state index contributed by atoms with van der Waals surface area (Å²) in [6.45, 7) is 4.18. The van der Waals surface area contributed by atoms with Gasteiger partial charge in [0.1, 0.15) is 11.5 Å². The van der Waals surface area contributed by atoms with Gasteiger partial charge in [0.2, 0.25) is 11.8 Å². The summed E-state index contributed by atoms with van der Waals surface area (Å²) in [5.41, 5.74) is 4.23. The van der Waals surface area contributed by atoms with E-state index >= 15 is 0 Å². The van der Waals surface area contributed by atoms with E-state index in [0.29, 0.717) is 42.8 Å². The molecule has 0 atom stereocenters. The lowest BCUT2D eigenvalue weighted by Crippen LogP contribution is -2.05. The normalized spacial score (nSPS) is 10.9. The van der Waals surface area contributed by atoms with Crippen LogP contribution in [0.1, 0.15) is 23.9 Å². The van der Waals surface area contributed by atoms with Crippen molar-refractivity contribution >= 4 is 5.97 Å². The molecule has 0 unspecified atom stereocenters. The van der Waals surface area contributed by atoms with Gasteiger partial charge < -0.3 is 13.9 Å². The Morgan fingerprint density at radius 1 is 0.973 bits per heavy atom. The van der Waals surface area contributed by atoms with Crippen LogP contribution in [0, 0.1) is 6.92 Å². The Hall–Kier alpha value is -4.72. The number of carbonyl (C=O) groups is 1. The molecule has 0 aliphatic heterocycles. The number of aromatic nitrogens is 4. The Morgan fingerprint density at radius 2 is 1.70 bits per heavy atom. The van der Waals surface area contributed by atoms with Crippen molar-refractivity contribution in [2.75, 3.05) is 6.61 Å². The van der Waals surface area contributed by atoms with Crippen molar-refractivity contribution in [2.24, 2.45) is 0 Å². The lowest BCUT2D eigenvalue weighted by atomic mass is 10.1. The van der Waals surface area contributed by atoms with Crippen LogP contribution < -0.4 is 9.47 Å². The number of esters is 1. The maximum absolute atomic E-state index is 11.6. The summed E-state index contributed by atoms with van der Waals surface area (Å²) in [6.07, 6.45) is 4.08. The Morgan fingerprint density at radius 3 is 2.38 bits per heavy atom. The van der Waals surface area contributed by atoms with Gasteiger partial charge in [-0.25, -0.2) is 9.97 Å². The first-order valence-electron chi connectivity index (χ1n) is 12.0. The third kappa shape index (κ3) is 5.92. The number of hydrogen-bond acceptors (Lipinski definition) is 7. The molecular weight excluding hydrogens is 468 g/mol. The van der Waals surface area contributed by atoms with E-state index in [0.717, 1.165) is 28.1 Å². The second kappa shape index (κ2) is 10.9. The fourth-order valence-electron chi connectivity index (χ4n) is 3.90. The summed E-state index contributed by atoms with van der Waals surface area (Å²) < 4.78 is 18.8. The first kappa shape index (κ1) is 24.0. The van der Waals surface area contributed by atoms with Crippen LogP contribution in [0.25, 0.3) is 22.7 Å². The van der Waals surface area contributed by atoms with Gasteiger partial charge in [-0.15, -0.1) is 0 Å². The Balaban J connectivity index is 1.20. The average Bonchev–Trinajstić information content (AvgIpc) is 3.48. The van der Waals surface area contributed by atoms with Gasteiger partial charge in [-0.3, -0.25) is 9.48 Å². The molecule has 3 heterocycles. The Bertz CT molecular complexity index is 1480. The molecule has 0 fully saturated rings. The summed E-state index contributed by atoms with van der Waals surface area (Å²) in [7, 11) is 0. The molecule has 8 nitrogen and oxygen atoms in total. The van der Waals surface area contributed by atoms with Crippen LogP contribution in [0.5, 0.6) is 11.6 Å². The van der Waals surface area contributed by atoms with Crippen molar-refractivity contribution in [2.45, 2.75) is 26.8 Å². The zero-order chi connectivity index (χ0) is 25.6. The number of aryl methyl sites for hydroxylation is 1. The van der Waals surface area contributed by atoms with Crippen LogP contribution in [0.4, 0.5) is 0 Å². The molecule has 5 rings (SSSR count). The van der Waals surface area contributed by atoms with Crippen LogP contribution in [0.15, 0.2) is 89.6 Å². The smallest absolute Gasteiger partial charge is 0.308 e. The molecule has 0 bridgehead atoms. The SMILES string of the molecule is CC(=O)Oc1cn(Cc2ccc(OCCc3nc(-c4ccccc4)oc3C)nc2)nc1-c1ccccc1. The lowest BCUT2D eigenvalue weighted by molar-refractivity contribution is -0.131. The van der Waals surface area contributed by atoms with Crippen molar-refractivity contribution in [3.05, 3.63) is 102 Å². The summed E-state index contributed by atoms with van der Waals surface area (Å²) >= 11 is 0. The largest absolute Gasteiger partial charge is 0.477 e. The van der Waals surface area contributed by atoms with Crippen LogP contribution in [-0.4, -0.2) is 32.3 Å². The standard InChI is InChI=1S/C29H26N4O4/c1-20-25(31-29(36-20)24-11-7-4-8-12-24)15-16-35-27-14-13-22(17-30-27)18-33-19-26(37-21(2)34)28(32-33)23-9-5-3-6-10-23/h3-14,17,19H,15-16,18H2,1-2H3. The number of oxazole rings is 1. The number of carbonyl (C=O) groups excluding carboxylic acids is 1. The molecule has 0 saturated carbocycles. The van der Waals surface area contributed by atoms with Crippen LogP contribution >= 0.6 is 0 Å². The third-order valence-electron chi connectivity index (χ3n) is 5.67. The van der Waals surface area contributed by atoms with E-state index in [2.05, 4.69) is 15.1 Å². The van der Waals surface area contributed by atoms with Crippen LogP contribution in [0.3, 0.4) is 0 Å². The van der Waals surface area contributed by atoms with Gasteiger partial charge >= 0.3 is 5.97 Å². The van der Waals surface area contributed by atoms with Crippen molar-refractivity contribution in [1.82, 2.24) is 19.7 Å². The Labute approximate surface area is 214 Å². The number of hydrogen-bond donors (Lipinski definition) is 0. The van der Waals surface area contributed by atoms with E-state index in [-0.39, 0.29) is 0 Å². The second-order valence-corrected chi connectivity index (χ2v) is 8.49. The van der Waals surface area contributed by atoms with Gasteiger partial charge in [-0.1, -0.05) is 54.6 Å². The molecule has 8 heteroatoms. The van der Waals surface area contributed by atoms with Crippen LogP contribution in [0.2, 0.25) is 0 Å². The van der Waals surface area contributed by atoms with E-state index < -0.39 is 5.97 Å². The zero-order valence-electron chi connectivity index (χ0n) is 20.6. The highest BCUT2D eigenvalue weighted by molar-refractivity contribution is 5.74. The minimum atomic E-state index is -0.392. The molecule has 0 saturated heterocycles. The van der Waals surface area contributed by atoms with Crippen molar-refractivity contribution in [3.63, 3.8) is 0 Å². The van der Waals surface area contributed by atoms with Gasteiger partial charge in [0.15, 0.2) is 5.75 Å².